The second kappa shape index (κ2) is 13.5. The molecule has 2 amide bonds. The Morgan fingerprint density at radius 2 is 1.57 bits per heavy atom. The van der Waals surface area contributed by atoms with E-state index in [-0.39, 0.29) is 38.8 Å². The molecule has 0 spiro atoms. The molecule has 3 aromatic carbocycles. The van der Waals surface area contributed by atoms with E-state index in [1.54, 1.807) is 18.2 Å². The van der Waals surface area contributed by atoms with Crippen molar-refractivity contribution in [1.29, 1.82) is 0 Å². The molecule has 0 radical (unpaired) electrons. The van der Waals surface area contributed by atoms with Crippen LogP contribution in [0.25, 0.3) is 0 Å². The lowest BCUT2D eigenvalue weighted by atomic mass is 10.1. The van der Waals surface area contributed by atoms with Gasteiger partial charge in [-0.1, -0.05) is 66.0 Å². The third-order valence-electron chi connectivity index (χ3n) is 6.49. The summed E-state index contributed by atoms with van der Waals surface area (Å²) < 4.78 is 43.2. The second-order valence-corrected chi connectivity index (χ2v) is 12.3. The van der Waals surface area contributed by atoms with E-state index in [1.165, 1.54) is 60.4 Å². The minimum atomic E-state index is -4.29. The van der Waals surface area contributed by atoms with Gasteiger partial charge in [-0.2, -0.15) is 0 Å². The highest BCUT2D eigenvalue weighted by atomic mass is 35.5. The number of hydrogen-bond donors (Lipinski definition) is 1. The van der Waals surface area contributed by atoms with E-state index in [0.717, 1.165) is 9.87 Å². The third kappa shape index (κ3) is 7.74. The van der Waals surface area contributed by atoms with Crippen molar-refractivity contribution < 1.29 is 22.4 Å². The van der Waals surface area contributed by atoms with Crippen molar-refractivity contribution in [1.82, 2.24) is 10.2 Å². The van der Waals surface area contributed by atoms with Crippen LogP contribution in [0, 0.1) is 12.7 Å². The first-order valence-corrected chi connectivity index (χ1v) is 14.9. The van der Waals surface area contributed by atoms with E-state index in [4.69, 9.17) is 23.2 Å². The lowest BCUT2D eigenvalue weighted by Crippen LogP contribution is -2.52. The lowest BCUT2D eigenvalue weighted by Gasteiger charge is -2.32. The fraction of sp³-hybridized carbons (Fsp3) is 0.310. The normalized spacial score (nSPS) is 12.9. The van der Waals surface area contributed by atoms with E-state index >= 15 is 0 Å². The molecule has 0 aromatic heterocycles. The average Bonchev–Trinajstić information content (AvgIpc) is 2.90. The Hall–Kier alpha value is -3.14. The minimum absolute atomic E-state index is 0.0507. The van der Waals surface area contributed by atoms with Crippen LogP contribution >= 0.6 is 23.2 Å². The zero-order valence-corrected chi connectivity index (χ0v) is 25.0. The molecule has 0 heterocycles. The van der Waals surface area contributed by atoms with Crippen LogP contribution in [-0.2, 0) is 26.2 Å². The Morgan fingerprint density at radius 3 is 2.15 bits per heavy atom. The van der Waals surface area contributed by atoms with E-state index in [9.17, 15) is 22.4 Å². The van der Waals surface area contributed by atoms with Crippen molar-refractivity contribution in [2.45, 2.75) is 57.6 Å². The summed E-state index contributed by atoms with van der Waals surface area (Å²) >= 11 is 12.4. The number of aryl methyl sites for hydroxylation is 1. The Bertz CT molecular complexity index is 1450. The smallest absolute Gasteiger partial charge is 0.264 e. The fourth-order valence-electron chi connectivity index (χ4n) is 3.91. The Labute approximate surface area is 244 Å². The number of halogens is 3. The summed E-state index contributed by atoms with van der Waals surface area (Å²) in [4.78, 5) is 28.1. The molecular weight excluding hydrogens is 576 g/mol. The van der Waals surface area contributed by atoms with Gasteiger partial charge in [-0.3, -0.25) is 13.9 Å². The van der Waals surface area contributed by atoms with Gasteiger partial charge in [-0.05, 0) is 63.6 Å². The molecular formula is C29H32Cl2FN3O4S. The molecule has 0 saturated heterocycles. The van der Waals surface area contributed by atoms with Crippen LogP contribution in [0.1, 0.15) is 38.3 Å². The van der Waals surface area contributed by atoms with Gasteiger partial charge in [-0.15, -0.1) is 0 Å². The van der Waals surface area contributed by atoms with Crippen LogP contribution in [0.4, 0.5) is 10.1 Å². The van der Waals surface area contributed by atoms with Gasteiger partial charge >= 0.3 is 0 Å². The molecule has 0 aliphatic rings. The topological polar surface area (TPSA) is 86.8 Å². The molecule has 0 saturated carbocycles. The molecule has 3 rings (SSSR count). The van der Waals surface area contributed by atoms with Gasteiger partial charge in [0.25, 0.3) is 10.0 Å². The van der Waals surface area contributed by atoms with Crippen LogP contribution in [0.15, 0.2) is 71.6 Å². The highest BCUT2D eigenvalue weighted by Crippen LogP contribution is 2.30. The number of nitrogens with one attached hydrogen (secondary N) is 1. The molecule has 1 N–H and O–H groups in total. The summed E-state index contributed by atoms with van der Waals surface area (Å²) in [5, 5.41) is 3.17. The van der Waals surface area contributed by atoms with Crippen molar-refractivity contribution >= 4 is 50.7 Å². The van der Waals surface area contributed by atoms with Crippen LogP contribution in [0.3, 0.4) is 0 Å². The first-order valence-electron chi connectivity index (χ1n) is 12.7. The monoisotopic (exact) mass is 607 g/mol. The lowest BCUT2D eigenvalue weighted by molar-refractivity contribution is -0.139. The number of anilines is 1. The Morgan fingerprint density at radius 1 is 0.975 bits per heavy atom. The zero-order valence-electron chi connectivity index (χ0n) is 22.7. The molecule has 0 fully saturated rings. The number of sulfonamides is 1. The van der Waals surface area contributed by atoms with Gasteiger partial charge in [-0.25, -0.2) is 12.8 Å². The number of hydrogen-bond acceptors (Lipinski definition) is 4. The quantitative estimate of drug-likeness (QED) is 0.291. The van der Waals surface area contributed by atoms with Gasteiger partial charge in [0, 0.05) is 28.2 Å². The summed E-state index contributed by atoms with van der Waals surface area (Å²) in [7, 11) is -4.29. The fourth-order valence-corrected chi connectivity index (χ4v) is 5.82. The summed E-state index contributed by atoms with van der Waals surface area (Å²) in [6, 6.07) is 15.1. The van der Waals surface area contributed by atoms with Gasteiger partial charge in [0.1, 0.15) is 18.4 Å². The van der Waals surface area contributed by atoms with Gasteiger partial charge in [0.2, 0.25) is 11.8 Å². The number of nitrogens with zero attached hydrogens (tertiary/aromatic N) is 2. The molecule has 0 aliphatic carbocycles. The Kier molecular flexibility index (Phi) is 10.6. The highest BCUT2D eigenvalue weighted by Gasteiger charge is 2.33. The maximum Gasteiger partial charge on any atom is 0.264 e. The number of benzene rings is 3. The van der Waals surface area contributed by atoms with Gasteiger partial charge in [0.15, 0.2) is 0 Å². The highest BCUT2D eigenvalue weighted by molar-refractivity contribution is 7.92. The van der Waals surface area contributed by atoms with Crippen molar-refractivity contribution in [3.05, 3.63) is 93.7 Å². The Balaban J connectivity index is 2.07. The maximum absolute atomic E-state index is 14.6. The summed E-state index contributed by atoms with van der Waals surface area (Å²) in [6.45, 7) is 6.12. The van der Waals surface area contributed by atoms with Crippen molar-refractivity contribution in [3.8, 4) is 0 Å². The summed E-state index contributed by atoms with van der Waals surface area (Å²) in [5.41, 5.74) is 1.09. The van der Waals surface area contributed by atoms with Crippen LogP contribution in [-0.4, -0.2) is 43.8 Å². The summed E-state index contributed by atoms with van der Waals surface area (Å²) in [6.07, 6.45) is 0.665. The van der Waals surface area contributed by atoms with Gasteiger partial charge in [0.05, 0.1) is 10.6 Å². The molecule has 0 bridgehead atoms. The average molecular weight is 609 g/mol. The molecule has 3 aromatic rings. The SMILES string of the molecule is CC[C@@H](C)NC(=O)[C@H](C)N(Cc1ccccc1F)C(=O)CN(c1cc(Cl)cc(Cl)c1)S(=O)(=O)c1ccc(C)cc1. The standard InChI is InChI=1S/C29H32Cl2FN3O4S/c1-5-20(3)33-29(37)21(4)34(17-22-8-6-7-9-27(22)32)28(36)18-35(25-15-23(30)14-24(31)16-25)40(38,39)26-12-10-19(2)11-13-26/h6-16,20-21H,5,17-18H2,1-4H3,(H,33,37)/t20-,21+/m1/s1. The molecule has 214 valence electrons. The first kappa shape index (κ1) is 31.4. The van der Waals surface area contributed by atoms with Crippen molar-refractivity contribution in [3.63, 3.8) is 0 Å². The van der Waals surface area contributed by atoms with Crippen LogP contribution in [0.2, 0.25) is 10.0 Å². The van der Waals surface area contributed by atoms with Crippen LogP contribution < -0.4 is 9.62 Å². The molecule has 0 unspecified atom stereocenters. The molecule has 7 nitrogen and oxygen atoms in total. The molecule has 2 atom stereocenters. The molecule has 0 aliphatic heterocycles. The van der Waals surface area contributed by atoms with Crippen molar-refractivity contribution in [2.75, 3.05) is 10.8 Å². The third-order valence-corrected chi connectivity index (χ3v) is 8.71. The molecule has 11 heteroatoms. The molecule has 40 heavy (non-hydrogen) atoms. The predicted molar refractivity (Wildman–Crippen MR) is 156 cm³/mol. The maximum atomic E-state index is 14.6. The largest absolute Gasteiger partial charge is 0.352 e. The van der Waals surface area contributed by atoms with E-state index in [1.807, 2.05) is 20.8 Å². The second-order valence-electron chi connectivity index (χ2n) is 9.56. The first-order chi connectivity index (χ1) is 18.8. The van der Waals surface area contributed by atoms with Crippen molar-refractivity contribution in [2.24, 2.45) is 0 Å². The number of carbonyl (C=O) groups is 2. The van der Waals surface area contributed by atoms with E-state index in [0.29, 0.717) is 6.42 Å². The number of carbonyl (C=O) groups excluding carboxylic acids is 2. The van der Waals surface area contributed by atoms with Crippen LogP contribution in [0.5, 0.6) is 0 Å². The zero-order chi connectivity index (χ0) is 29.6. The van der Waals surface area contributed by atoms with E-state index in [2.05, 4.69) is 5.32 Å². The summed E-state index contributed by atoms with van der Waals surface area (Å²) in [5.74, 6) is -1.72. The minimum Gasteiger partial charge on any atom is -0.352 e. The number of amides is 2. The predicted octanol–water partition coefficient (Wildman–Crippen LogP) is 5.97. The number of rotatable bonds is 11. The van der Waals surface area contributed by atoms with E-state index < -0.39 is 40.2 Å². The van der Waals surface area contributed by atoms with Gasteiger partial charge < -0.3 is 10.2 Å².